The van der Waals surface area contributed by atoms with E-state index in [4.69, 9.17) is 4.52 Å². The van der Waals surface area contributed by atoms with Crippen LogP contribution in [0.3, 0.4) is 0 Å². The maximum absolute atomic E-state index is 5.00. The van der Waals surface area contributed by atoms with Crippen LogP contribution in [-0.4, -0.2) is 40.6 Å². The highest BCUT2D eigenvalue weighted by Gasteiger charge is 2.17. The first kappa shape index (κ1) is 17.2. The van der Waals surface area contributed by atoms with Gasteiger partial charge in [-0.1, -0.05) is 47.1 Å². The standard InChI is InChI=1S/C19H25N5O/c1-3-20-19(21-14-18-22-15(2)25-23-18)24-11-9-17(10-12-24)13-16-7-5-4-6-8-16/h4-8,13H,3,9-12,14H2,1-2H3,(H,20,21). The van der Waals surface area contributed by atoms with Crippen molar-refractivity contribution in [1.82, 2.24) is 20.4 Å². The predicted octanol–water partition coefficient (Wildman–Crippen LogP) is 3.02. The van der Waals surface area contributed by atoms with E-state index in [2.05, 4.69) is 68.7 Å². The van der Waals surface area contributed by atoms with Crippen molar-refractivity contribution in [1.29, 1.82) is 0 Å². The highest BCUT2D eigenvalue weighted by molar-refractivity contribution is 5.80. The molecule has 6 heteroatoms. The number of aliphatic imine (C=N–C) groups is 1. The summed E-state index contributed by atoms with van der Waals surface area (Å²) in [4.78, 5) is 11.2. The molecule has 3 rings (SSSR count). The summed E-state index contributed by atoms with van der Waals surface area (Å²) >= 11 is 0. The van der Waals surface area contributed by atoms with Crippen molar-refractivity contribution < 1.29 is 4.52 Å². The fourth-order valence-electron chi connectivity index (χ4n) is 2.91. The molecule has 132 valence electrons. The topological polar surface area (TPSA) is 66.5 Å². The van der Waals surface area contributed by atoms with Gasteiger partial charge in [-0.15, -0.1) is 0 Å². The number of hydrogen-bond acceptors (Lipinski definition) is 4. The molecular formula is C19H25N5O. The third-order valence-corrected chi connectivity index (χ3v) is 4.15. The zero-order valence-corrected chi connectivity index (χ0v) is 14.9. The summed E-state index contributed by atoms with van der Waals surface area (Å²) in [7, 11) is 0. The Morgan fingerprint density at radius 2 is 2.04 bits per heavy atom. The van der Waals surface area contributed by atoms with E-state index in [1.54, 1.807) is 6.92 Å². The van der Waals surface area contributed by atoms with Gasteiger partial charge in [0.25, 0.3) is 0 Å². The molecule has 1 aliphatic rings. The number of aryl methyl sites for hydroxylation is 1. The molecule has 0 spiro atoms. The second-order valence-electron chi connectivity index (χ2n) is 6.10. The zero-order chi connectivity index (χ0) is 17.5. The van der Waals surface area contributed by atoms with Gasteiger partial charge in [0.05, 0.1) is 0 Å². The fraction of sp³-hybridized carbons (Fsp3) is 0.421. The fourth-order valence-corrected chi connectivity index (χ4v) is 2.91. The minimum absolute atomic E-state index is 0.433. The molecule has 0 bridgehead atoms. The van der Waals surface area contributed by atoms with Gasteiger partial charge < -0.3 is 14.7 Å². The number of likely N-dealkylation sites (tertiary alicyclic amines) is 1. The molecule has 0 atom stereocenters. The van der Waals surface area contributed by atoms with Crippen LogP contribution in [0.15, 0.2) is 45.4 Å². The van der Waals surface area contributed by atoms with Crippen LogP contribution in [0.2, 0.25) is 0 Å². The third-order valence-electron chi connectivity index (χ3n) is 4.15. The van der Waals surface area contributed by atoms with Crippen LogP contribution in [0.1, 0.15) is 37.0 Å². The molecule has 25 heavy (non-hydrogen) atoms. The minimum Gasteiger partial charge on any atom is -0.357 e. The van der Waals surface area contributed by atoms with Crippen LogP contribution >= 0.6 is 0 Å². The molecule has 0 unspecified atom stereocenters. The second-order valence-corrected chi connectivity index (χ2v) is 6.10. The Kier molecular flexibility index (Phi) is 5.82. The summed E-state index contributed by atoms with van der Waals surface area (Å²) < 4.78 is 5.00. The van der Waals surface area contributed by atoms with E-state index >= 15 is 0 Å². The smallest absolute Gasteiger partial charge is 0.223 e. The summed E-state index contributed by atoms with van der Waals surface area (Å²) in [5.74, 6) is 2.11. The van der Waals surface area contributed by atoms with Gasteiger partial charge in [0, 0.05) is 26.6 Å². The van der Waals surface area contributed by atoms with E-state index in [1.165, 1.54) is 11.1 Å². The van der Waals surface area contributed by atoms with Gasteiger partial charge in [0.1, 0.15) is 6.54 Å². The first-order valence-electron chi connectivity index (χ1n) is 8.81. The van der Waals surface area contributed by atoms with E-state index < -0.39 is 0 Å². The van der Waals surface area contributed by atoms with Gasteiger partial charge in [0.2, 0.25) is 5.89 Å². The number of guanidine groups is 1. The summed E-state index contributed by atoms with van der Waals surface area (Å²) in [6.45, 7) is 7.08. The van der Waals surface area contributed by atoms with Crippen molar-refractivity contribution in [3.8, 4) is 0 Å². The highest BCUT2D eigenvalue weighted by Crippen LogP contribution is 2.19. The number of piperidine rings is 1. The molecule has 1 fully saturated rings. The summed E-state index contributed by atoms with van der Waals surface area (Å²) in [5, 5.41) is 7.27. The number of nitrogens with zero attached hydrogens (tertiary/aromatic N) is 4. The Balaban J connectivity index is 1.61. The summed E-state index contributed by atoms with van der Waals surface area (Å²) in [6, 6.07) is 10.5. The minimum atomic E-state index is 0.433. The monoisotopic (exact) mass is 339 g/mol. The molecule has 2 heterocycles. The number of aromatic nitrogens is 2. The Hall–Kier alpha value is -2.63. The molecule has 1 aromatic heterocycles. The number of benzene rings is 1. The zero-order valence-electron chi connectivity index (χ0n) is 14.9. The van der Waals surface area contributed by atoms with E-state index in [0.717, 1.165) is 38.4 Å². The average molecular weight is 339 g/mol. The van der Waals surface area contributed by atoms with Gasteiger partial charge >= 0.3 is 0 Å². The molecule has 0 radical (unpaired) electrons. The Bertz CT molecular complexity index is 725. The normalized spacial score (nSPS) is 15.4. The molecule has 1 N–H and O–H groups in total. The number of rotatable bonds is 4. The molecule has 2 aromatic rings. The third kappa shape index (κ3) is 4.92. The lowest BCUT2D eigenvalue weighted by Gasteiger charge is -2.31. The van der Waals surface area contributed by atoms with E-state index in [9.17, 15) is 0 Å². The van der Waals surface area contributed by atoms with Crippen LogP contribution in [-0.2, 0) is 6.54 Å². The quantitative estimate of drug-likeness (QED) is 0.685. The van der Waals surface area contributed by atoms with Gasteiger partial charge in [-0.25, -0.2) is 4.99 Å². The lowest BCUT2D eigenvalue weighted by atomic mass is 10.0. The Morgan fingerprint density at radius 3 is 2.68 bits per heavy atom. The maximum Gasteiger partial charge on any atom is 0.223 e. The molecular weight excluding hydrogens is 314 g/mol. The van der Waals surface area contributed by atoms with Gasteiger partial charge in [-0.05, 0) is 25.3 Å². The van der Waals surface area contributed by atoms with Crippen molar-refractivity contribution in [2.45, 2.75) is 33.2 Å². The van der Waals surface area contributed by atoms with Gasteiger partial charge in [-0.3, -0.25) is 0 Å². The van der Waals surface area contributed by atoms with Crippen molar-refractivity contribution in [3.05, 3.63) is 53.2 Å². The van der Waals surface area contributed by atoms with Crippen LogP contribution in [0.4, 0.5) is 0 Å². The van der Waals surface area contributed by atoms with Crippen LogP contribution in [0, 0.1) is 6.92 Å². The van der Waals surface area contributed by atoms with Crippen molar-refractivity contribution >= 4 is 12.0 Å². The predicted molar refractivity (Wildman–Crippen MR) is 99.1 cm³/mol. The van der Waals surface area contributed by atoms with Crippen molar-refractivity contribution in [2.24, 2.45) is 4.99 Å². The van der Waals surface area contributed by atoms with E-state index in [-0.39, 0.29) is 0 Å². The molecule has 0 aliphatic carbocycles. The molecule has 0 saturated carbocycles. The Labute approximate surface area is 148 Å². The lowest BCUT2D eigenvalue weighted by Crippen LogP contribution is -2.44. The summed E-state index contributed by atoms with van der Waals surface area (Å²) in [6.07, 6.45) is 4.42. The SMILES string of the molecule is CCNC(=NCc1noc(C)n1)N1CCC(=Cc2ccccc2)CC1. The molecule has 6 nitrogen and oxygen atoms in total. The van der Waals surface area contributed by atoms with Crippen molar-refractivity contribution in [3.63, 3.8) is 0 Å². The van der Waals surface area contributed by atoms with E-state index in [0.29, 0.717) is 18.3 Å². The number of nitrogens with one attached hydrogen (secondary N) is 1. The van der Waals surface area contributed by atoms with Crippen LogP contribution < -0.4 is 5.32 Å². The second kappa shape index (κ2) is 8.46. The summed E-state index contributed by atoms with van der Waals surface area (Å²) in [5.41, 5.74) is 2.77. The van der Waals surface area contributed by atoms with Gasteiger partial charge in [-0.2, -0.15) is 4.98 Å². The van der Waals surface area contributed by atoms with E-state index in [1.807, 2.05) is 0 Å². The first-order chi connectivity index (χ1) is 12.2. The Morgan fingerprint density at radius 1 is 1.28 bits per heavy atom. The first-order valence-corrected chi connectivity index (χ1v) is 8.81. The molecule has 1 aromatic carbocycles. The molecule has 1 saturated heterocycles. The molecule has 1 aliphatic heterocycles. The average Bonchev–Trinajstić information content (AvgIpc) is 3.06. The van der Waals surface area contributed by atoms with Gasteiger partial charge in [0.15, 0.2) is 11.8 Å². The van der Waals surface area contributed by atoms with Crippen LogP contribution in [0.5, 0.6) is 0 Å². The maximum atomic E-state index is 5.00. The lowest BCUT2D eigenvalue weighted by molar-refractivity contribution is 0.374. The van der Waals surface area contributed by atoms with Crippen molar-refractivity contribution in [2.75, 3.05) is 19.6 Å². The van der Waals surface area contributed by atoms with Crippen LogP contribution in [0.25, 0.3) is 6.08 Å². The molecule has 0 amide bonds. The largest absolute Gasteiger partial charge is 0.357 e. The number of hydrogen-bond donors (Lipinski definition) is 1. The highest BCUT2D eigenvalue weighted by atomic mass is 16.5.